The van der Waals surface area contributed by atoms with E-state index in [-0.39, 0.29) is 0 Å². The molecule has 0 amide bonds. The molecule has 1 aromatic heterocycles. The van der Waals surface area contributed by atoms with E-state index in [2.05, 4.69) is 33.8 Å². The van der Waals surface area contributed by atoms with E-state index in [0.717, 1.165) is 45.1 Å². The topological polar surface area (TPSA) is 48.6 Å². The molecule has 2 heterocycles. The van der Waals surface area contributed by atoms with E-state index >= 15 is 0 Å². The van der Waals surface area contributed by atoms with E-state index in [9.17, 15) is 0 Å². The second-order valence-electron chi connectivity index (χ2n) is 5.29. The van der Waals surface area contributed by atoms with Crippen LogP contribution in [0.15, 0.2) is 6.07 Å². The molecule has 0 aliphatic carbocycles. The number of piperazine rings is 1. The third-order valence-corrected chi connectivity index (χ3v) is 4.05. The number of aromatic nitrogens is 1. The van der Waals surface area contributed by atoms with Gasteiger partial charge in [0.15, 0.2) is 0 Å². The normalized spacial score (nSPS) is 16.9. The van der Waals surface area contributed by atoms with Crippen LogP contribution in [0.25, 0.3) is 0 Å². The number of hydrogen-bond acceptors (Lipinski definition) is 5. The number of nitrogens with zero attached hydrogens (tertiary/aromatic N) is 4. The Morgan fingerprint density at radius 1 is 1.20 bits per heavy atom. The maximum absolute atomic E-state index is 6.21. The number of nitrogens with two attached hydrogens (primary N) is 1. The number of halogens is 2. The molecule has 0 aromatic carbocycles. The molecule has 0 atom stereocenters. The number of hydrogen-bond donors (Lipinski definition) is 1. The summed E-state index contributed by atoms with van der Waals surface area (Å²) in [5, 5.41) is 0.967. The highest BCUT2D eigenvalue weighted by Gasteiger charge is 2.20. The molecule has 2 N–H and O–H groups in total. The number of nitrogen functional groups attached to an aromatic ring is 1. The lowest BCUT2D eigenvalue weighted by atomic mass is 10.3. The van der Waals surface area contributed by atoms with E-state index in [1.807, 2.05) is 0 Å². The van der Waals surface area contributed by atoms with Crippen LogP contribution < -0.4 is 10.6 Å². The third kappa shape index (κ3) is 3.88. The highest BCUT2D eigenvalue weighted by Crippen LogP contribution is 2.30. The third-order valence-electron chi connectivity index (χ3n) is 3.47. The van der Waals surface area contributed by atoms with Gasteiger partial charge in [0.25, 0.3) is 0 Å². The Bertz CT molecular complexity index is 458. The molecule has 1 saturated heterocycles. The number of anilines is 2. The van der Waals surface area contributed by atoms with Crippen LogP contribution in [0.2, 0.25) is 10.0 Å². The molecule has 1 aromatic rings. The van der Waals surface area contributed by atoms with Gasteiger partial charge in [-0.1, -0.05) is 23.2 Å². The minimum absolute atomic E-state index is 0.334. The molecule has 0 spiro atoms. The Kier molecular flexibility index (Phi) is 5.32. The van der Waals surface area contributed by atoms with Gasteiger partial charge < -0.3 is 15.5 Å². The summed E-state index contributed by atoms with van der Waals surface area (Å²) in [4.78, 5) is 11.1. The zero-order chi connectivity index (χ0) is 14.7. The van der Waals surface area contributed by atoms with Gasteiger partial charge in [-0.2, -0.15) is 0 Å². The predicted octanol–water partition coefficient (Wildman–Crippen LogP) is 1.65. The Hall–Kier alpha value is -0.750. The summed E-state index contributed by atoms with van der Waals surface area (Å²) in [6, 6.07) is 1.67. The van der Waals surface area contributed by atoms with Crippen molar-refractivity contribution in [3.63, 3.8) is 0 Å². The summed E-state index contributed by atoms with van der Waals surface area (Å²) in [5.41, 5.74) is 5.76. The van der Waals surface area contributed by atoms with Crippen LogP contribution in [0, 0.1) is 0 Å². The van der Waals surface area contributed by atoms with Crippen LogP contribution in [0.3, 0.4) is 0 Å². The monoisotopic (exact) mass is 317 g/mol. The summed E-state index contributed by atoms with van der Waals surface area (Å²) in [6.07, 6.45) is 0. The van der Waals surface area contributed by atoms with Gasteiger partial charge in [-0.25, -0.2) is 4.98 Å². The predicted molar refractivity (Wildman–Crippen MR) is 85.9 cm³/mol. The Labute approximate surface area is 130 Å². The molecule has 0 saturated carbocycles. The van der Waals surface area contributed by atoms with Crippen LogP contribution in [0.1, 0.15) is 0 Å². The quantitative estimate of drug-likeness (QED) is 0.915. The molecule has 1 aliphatic heterocycles. The molecule has 2 rings (SSSR count). The SMILES string of the molecule is CN(C)CCN1CCN(c2nc(N)c(Cl)cc2Cl)CC1. The van der Waals surface area contributed by atoms with Crippen molar-refractivity contribution < 1.29 is 0 Å². The zero-order valence-electron chi connectivity index (χ0n) is 11.9. The standard InChI is InChI=1S/C13H21Cl2N5/c1-18(2)3-4-19-5-7-20(8-6-19)13-11(15)9-10(14)12(16)17-13/h9H,3-8H2,1-2H3,(H2,16,17). The van der Waals surface area contributed by atoms with Crippen molar-refractivity contribution in [2.75, 3.05) is 64.0 Å². The van der Waals surface area contributed by atoms with Gasteiger partial charge in [-0.05, 0) is 20.2 Å². The lowest BCUT2D eigenvalue weighted by Crippen LogP contribution is -2.48. The summed E-state index contributed by atoms with van der Waals surface area (Å²) < 4.78 is 0. The van der Waals surface area contributed by atoms with Crippen LogP contribution in [0.4, 0.5) is 11.6 Å². The number of likely N-dealkylation sites (N-methyl/N-ethyl adjacent to an activating group) is 1. The minimum atomic E-state index is 0.334. The first kappa shape index (κ1) is 15.6. The van der Waals surface area contributed by atoms with Gasteiger partial charge in [0, 0.05) is 39.3 Å². The Morgan fingerprint density at radius 3 is 2.45 bits per heavy atom. The van der Waals surface area contributed by atoms with Crippen LogP contribution in [-0.4, -0.2) is 68.1 Å². The van der Waals surface area contributed by atoms with Crippen molar-refractivity contribution in [3.8, 4) is 0 Å². The second kappa shape index (κ2) is 6.80. The lowest BCUT2D eigenvalue weighted by Gasteiger charge is -2.36. The van der Waals surface area contributed by atoms with Crippen molar-refractivity contribution in [2.45, 2.75) is 0 Å². The van der Waals surface area contributed by atoms with Crippen LogP contribution >= 0.6 is 23.2 Å². The van der Waals surface area contributed by atoms with Crippen molar-refractivity contribution in [2.24, 2.45) is 0 Å². The molecule has 112 valence electrons. The van der Waals surface area contributed by atoms with Crippen LogP contribution in [-0.2, 0) is 0 Å². The number of pyridine rings is 1. The number of rotatable bonds is 4. The van der Waals surface area contributed by atoms with Crippen molar-refractivity contribution in [3.05, 3.63) is 16.1 Å². The molecular formula is C13H21Cl2N5. The first-order valence-corrected chi connectivity index (χ1v) is 7.46. The average Bonchev–Trinajstić information content (AvgIpc) is 2.41. The van der Waals surface area contributed by atoms with Gasteiger partial charge in [-0.15, -0.1) is 0 Å². The summed E-state index contributed by atoms with van der Waals surface area (Å²) in [7, 11) is 4.19. The maximum atomic E-state index is 6.21. The van der Waals surface area contributed by atoms with Gasteiger partial charge >= 0.3 is 0 Å². The largest absolute Gasteiger partial charge is 0.382 e. The first-order valence-electron chi connectivity index (χ1n) is 6.71. The molecule has 7 heteroatoms. The maximum Gasteiger partial charge on any atom is 0.150 e. The summed E-state index contributed by atoms with van der Waals surface area (Å²) >= 11 is 12.1. The van der Waals surface area contributed by atoms with E-state index in [1.165, 1.54) is 0 Å². The molecule has 20 heavy (non-hydrogen) atoms. The van der Waals surface area contributed by atoms with E-state index in [1.54, 1.807) is 6.07 Å². The fourth-order valence-corrected chi connectivity index (χ4v) is 2.70. The Morgan fingerprint density at radius 2 is 1.85 bits per heavy atom. The van der Waals surface area contributed by atoms with E-state index in [0.29, 0.717) is 15.9 Å². The minimum Gasteiger partial charge on any atom is -0.382 e. The van der Waals surface area contributed by atoms with Gasteiger partial charge in [0.1, 0.15) is 11.6 Å². The highest BCUT2D eigenvalue weighted by atomic mass is 35.5. The van der Waals surface area contributed by atoms with Crippen molar-refractivity contribution >= 4 is 34.8 Å². The van der Waals surface area contributed by atoms with Crippen LogP contribution in [0.5, 0.6) is 0 Å². The summed E-state index contributed by atoms with van der Waals surface area (Å²) in [5.74, 6) is 1.07. The molecule has 5 nitrogen and oxygen atoms in total. The smallest absolute Gasteiger partial charge is 0.150 e. The zero-order valence-corrected chi connectivity index (χ0v) is 13.5. The lowest BCUT2D eigenvalue weighted by molar-refractivity contribution is 0.229. The fraction of sp³-hybridized carbons (Fsp3) is 0.615. The molecule has 1 aliphatic rings. The van der Waals surface area contributed by atoms with Crippen molar-refractivity contribution in [1.29, 1.82) is 0 Å². The fourth-order valence-electron chi connectivity index (χ4n) is 2.22. The summed E-state index contributed by atoms with van der Waals surface area (Å²) in [6.45, 7) is 5.99. The van der Waals surface area contributed by atoms with Gasteiger partial charge in [-0.3, -0.25) is 4.90 Å². The van der Waals surface area contributed by atoms with E-state index < -0.39 is 0 Å². The molecular weight excluding hydrogens is 297 g/mol. The highest BCUT2D eigenvalue weighted by molar-refractivity contribution is 6.37. The average molecular weight is 318 g/mol. The van der Waals surface area contributed by atoms with E-state index in [4.69, 9.17) is 28.9 Å². The van der Waals surface area contributed by atoms with Crippen molar-refractivity contribution in [1.82, 2.24) is 14.8 Å². The second-order valence-corrected chi connectivity index (χ2v) is 6.11. The molecule has 0 radical (unpaired) electrons. The molecule has 0 unspecified atom stereocenters. The Balaban J connectivity index is 1.95. The molecule has 1 fully saturated rings. The first-order chi connectivity index (χ1) is 9.47. The van der Waals surface area contributed by atoms with Gasteiger partial charge in [0.2, 0.25) is 0 Å². The molecule has 0 bridgehead atoms. The van der Waals surface area contributed by atoms with Gasteiger partial charge in [0.05, 0.1) is 10.0 Å².